The van der Waals surface area contributed by atoms with E-state index in [1.165, 1.54) is 5.57 Å². The summed E-state index contributed by atoms with van der Waals surface area (Å²) in [5.74, 6) is 1.63. The van der Waals surface area contributed by atoms with Gasteiger partial charge >= 0.3 is 0 Å². The van der Waals surface area contributed by atoms with E-state index in [2.05, 4.69) is 17.2 Å². The third-order valence-electron chi connectivity index (χ3n) is 9.16. The molecule has 2 heterocycles. The Morgan fingerprint density at radius 2 is 1.96 bits per heavy atom. The zero-order valence-corrected chi connectivity index (χ0v) is 15.4. The van der Waals surface area contributed by atoms with Gasteiger partial charge in [-0.2, -0.15) is 10.2 Å². The van der Waals surface area contributed by atoms with E-state index in [9.17, 15) is 9.59 Å². The first-order valence-corrected chi connectivity index (χ1v) is 10.3. The summed E-state index contributed by atoms with van der Waals surface area (Å²) in [6.45, 7) is 3.12. The van der Waals surface area contributed by atoms with Gasteiger partial charge in [0, 0.05) is 17.8 Å². The van der Waals surface area contributed by atoms with Crippen LogP contribution in [0, 0.1) is 28.6 Å². The number of hydrogen-bond donors (Lipinski definition) is 0. The van der Waals surface area contributed by atoms with Crippen LogP contribution in [0.2, 0.25) is 0 Å². The van der Waals surface area contributed by atoms with Gasteiger partial charge in [-0.1, -0.05) is 12.5 Å². The second-order valence-corrected chi connectivity index (χ2v) is 9.82. The number of hydrogen-bond acceptors (Lipinski definition) is 5. The number of fused-ring (bicyclic) bond motifs is 1. The Kier molecular flexibility index (Phi) is 2.85. The van der Waals surface area contributed by atoms with E-state index < -0.39 is 0 Å². The van der Waals surface area contributed by atoms with Crippen molar-refractivity contribution >= 4 is 11.6 Å². The highest BCUT2D eigenvalue weighted by atomic mass is 16.5. The van der Waals surface area contributed by atoms with Crippen LogP contribution in [0.25, 0.3) is 0 Å². The molecule has 0 aromatic carbocycles. The number of Topliss-reactive ketones (excluding diaryl/α,β-unsaturated/α-hetero) is 1. The highest BCUT2D eigenvalue weighted by Gasteiger charge is 2.72. The van der Waals surface area contributed by atoms with Gasteiger partial charge in [0.25, 0.3) is 0 Å². The van der Waals surface area contributed by atoms with Gasteiger partial charge in [0.1, 0.15) is 0 Å². The van der Waals surface area contributed by atoms with E-state index in [0.29, 0.717) is 24.0 Å². The van der Waals surface area contributed by atoms with Crippen molar-refractivity contribution in [3.63, 3.8) is 0 Å². The van der Waals surface area contributed by atoms with Crippen LogP contribution in [0.5, 0.6) is 0 Å². The fraction of sp³-hybridized carbons (Fsp3) is 0.810. The summed E-state index contributed by atoms with van der Waals surface area (Å²) in [5.41, 5.74) is 1.43. The van der Waals surface area contributed by atoms with Crippen molar-refractivity contribution < 1.29 is 14.3 Å². The summed E-state index contributed by atoms with van der Waals surface area (Å²) in [7, 11) is 0. The fourth-order valence-electron chi connectivity index (χ4n) is 7.98. The average molecular weight is 354 g/mol. The van der Waals surface area contributed by atoms with Crippen LogP contribution >= 0.6 is 0 Å². The van der Waals surface area contributed by atoms with Crippen molar-refractivity contribution in [2.45, 2.75) is 70.1 Å². The molecule has 3 saturated carbocycles. The highest BCUT2D eigenvalue weighted by Crippen LogP contribution is 2.72. The van der Waals surface area contributed by atoms with Gasteiger partial charge in [-0.05, 0) is 68.3 Å². The van der Waals surface area contributed by atoms with Crippen molar-refractivity contribution in [2.75, 3.05) is 6.61 Å². The molecule has 0 unspecified atom stereocenters. The van der Waals surface area contributed by atoms with Crippen LogP contribution < -0.4 is 0 Å². The van der Waals surface area contributed by atoms with E-state index in [4.69, 9.17) is 4.74 Å². The maximum Gasteiger partial charge on any atom is 0.238 e. The van der Waals surface area contributed by atoms with E-state index in [0.717, 1.165) is 51.6 Å². The van der Waals surface area contributed by atoms with Gasteiger partial charge in [-0.15, -0.1) is 0 Å². The van der Waals surface area contributed by atoms with Crippen LogP contribution in [0.15, 0.2) is 21.9 Å². The van der Waals surface area contributed by atoms with Crippen LogP contribution in [0.4, 0.5) is 0 Å². The van der Waals surface area contributed by atoms with Crippen LogP contribution in [-0.4, -0.2) is 29.9 Å². The Hall–Kier alpha value is -1.36. The molecule has 6 atom stereocenters. The second-order valence-electron chi connectivity index (χ2n) is 9.82. The molecule has 1 saturated heterocycles. The van der Waals surface area contributed by atoms with Gasteiger partial charge in [0.2, 0.25) is 6.17 Å². The van der Waals surface area contributed by atoms with E-state index in [1.807, 2.05) is 6.08 Å². The molecular formula is C21H26N2O3. The number of carbonyl (C=O) groups excluding carboxylic acids is 2. The first-order chi connectivity index (χ1) is 12.5. The van der Waals surface area contributed by atoms with E-state index >= 15 is 0 Å². The standard InChI is InChI=1S/C21H26N2O3/c1-19-7-6-16-20-8-5-13(24)10-12(20)4-9-21(16,26-11-20)15(19)3-2-14(19)17(25)18-22-23-18/h10,14-16,18H,2-9,11H2,1H3/t14-,15-,16-,19-,20-,21-/m1/s1. The quantitative estimate of drug-likeness (QED) is 0.760. The summed E-state index contributed by atoms with van der Waals surface area (Å²) >= 11 is 0. The predicted octanol–water partition coefficient (Wildman–Crippen LogP) is 3.63. The lowest BCUT2D eigenvalue weighted by Gasteiger charge is -2.58. The molecule has 6 rings (SSSR count). The van der Waals surface area contributed by atoms with Crippen LogP contribution in [0.1, 0.15) is 58.3 Å². The van der Waals surface area contributed by atoms with Gasteiger partial charge in [-0.25, -0.2) is 0 Å². The minimum absolute atomic E-state index is 0.0262. The smallest absolute Gasteiger partial charge is 0.238 e. The maximum atomic E-state index is 12.8. The monoisotopic (exact) mass is 354 g/mol. The average Bonchev–Trinajstić information content (AvgIpc) is 3.37. The minimum atomic E-state index is -0.369. The van der Waals surface area contributed by atoms with Gasteiger partial charge in [0.05, 0.1) is 12.2 Å². The summed E-state index contributed by atoms with van der Waals surface area (Å²) in [5, 5.41) is 7.82. The molecule has 0 radical (unpaired) electrons. The fourth-order valence-corrected chi connectivity index (χ4v) is 7.98. The molecule has 6 aliphatic rings. The molecule has 0 aromatic heterocycles. The summed E-state index contributed by atoms with van der Waals surface area (Å²) in [6, 6.07) is 0. The van der Waals surface area contributed by atoms with Crippen molar-refractivity contribution in [2.24, 2.45) is 38.8 Å². The van der Waals surface area contributed by atoms with E-state index in [1.54, 1.807) is 0 Å². The molecule has 0 aromatic rings. The van der Waals surface area contributed by atoms with Gasteiger partial charge in [0.15, 0.2) is 11.6 Å². The Morgan fingerprint density at radius 1 is 1.12 bits per heavy atom. The van der Waals surface area contributed by atoms with Crippen molar-refractivity contribution in [1.82, 2.24) is 0 Å². The molecule has 5 nitrogen and oxygen atoms in total. The number of nitrogens with zero attached hydrogens (tertiary/aromatic N) is 2. The summed E-state index contributed by atoms with van der Waals surface area (Å²) in [6.07, 6.45) is 9.53. The lowest BCUT2D eigenvalue weighted by atomic mass is 9.46. The Morgan fingerprint density at radius 3 is 2.77 bits per heavy atom. The number of rotatable bonds is 2. The summed E-state index contributed by atoms with van der Waals surface area (Å²) in [4.78, 5) is 24.8. The molecule has 2 aliphatic heterocycles. The van der Waals surface area contributed by atoms with Gasteiger partial charge < -0.3 is 4.74 Å². The molecule has 138 valence electrons. The Labute approximate surface area is 153 Å². The third-order valence-corrected chi connectivity index (χ3v) is 9.16. The number of carbonyl (C=O) groups is 2. The normalized spacial score (nSPS) is 51.5. The largest absolute Gasteiger partial charge is 0.373 e. The highest BCUT2D eigenvalue weighted by molar-refractivity contribution is 5.92. The predicted molar refractivity (Wildman–Crippen MR) is 93.4 cm³/mol. The molecule has 26 heavy (non-hydrogen) atoms. The molecule has 0 amide bonds. The molecule has 1 spiro atoms. The van der Waals surface area contributed by atoms with Gasteiger partial charge in [-0.3, -0.25) is 9.59 Å². The SMILES string of the molecule is C[C@]12CC[C@@H]3[C@@]45CCC(=O)C=C4CC[C@@]3(OC5)[C@@H]1CC[C@@H]2C(=O)C1N=N1. The molecule has 4 fully saturated rings. The van der Waals surface area contributed by atoms with Crippen LogP contribution in [0.3, 0.4) is 0 Å². The Balaban J connectivity index is 1.39. The zero-order valence-electron chi connectivity index (χ0n) is 15.4. The summed E-state index contributed by atoms with van der Waals surface area (Å²) < 4.78 is 6.74. The first kappa shape index (κ1) is 15.7. The topological polar surface area (TPSA) is 68.1 Å². The third kappa shape index (κ3) is 1.67. The number of ether oxygens (including phenoxy) is 1. The zero-order chi connectivity index (χ0) is 17.7. The molecule has 2 bridgehead atoms. The lowest BCUT2D eigenvalue weighted by Crippen LogP contribution is -2.58. The van der Waals surface area contributed by atoms with Crippen molar-refractivity contribution in [3.05, 3.63) is 11.6 Å². The first-order valence-electron chi connectivity index (χ1n) is 10.3. The minimum Gasteiger partial charge on any atom is -0.373 e. The van der Waals surface area contributed by atoms with E-state index in [-0.39, 0.29) is 34.3 Å². The molecule has 0 N–H and O–H groups in total. The second kappa shape index (κ2) is 4.73. The Bertz CT molecular complexity index is 782. The van der Waals surface area contributed by atoms with Crippen LogP contribution in [-0.2, 0) is 14.3 Å². The lowest BCUT2D eigenvalue weighted by molar-refractivity contribution is -0.153. The molecule has 4 aliphatic carbocycles. The molecule has 5 heteroatoms. The van der Waals surface area contributed by atoms with Crippen molar-refractivity contribution in [3.8, 4) is 0 Å². The van der Waals surface area contributed by atoms with Crippen molar-refractivity contribution in [1.29, 1.82) is 0 Å². The molecular weight excluding hydrogens is 328 g/mol. The maximum absolute atomic E-state index is 12.8. The number of ketones is 2.